The molecule has 0 radical (unpaired) electrons. The molecule has 0 heterocycles. The minimum absolute atomic E-state index is 0.0279. The smallest absolute Gasteiger partial charge is 0.227 e. The van der Waals surface area contributed by atoms with E-state index in [2.05, 4.69) is 12.2 Å². The molecule has 1 amide bonds. The lowest BCUT2D eigenvalue weighted by atomic mass is 9.80. The zero-order valence-corrected chi connectivity index (χ0v) is 11.1. The molecule has 3 heteroatoms. The van der Waals surface area contributed by atoms with Gasteiger partial charge >= 0.3 is 0 Å². The fourth-order valence-corrected chi connectivity index (χ4v) is 3.44. The molecule has 2 fully saturated rings. The van der Waals surface area contributed by atoms with E-state index in [0.717, 1.165) is 38.5 Å². The predicted octanol–water partition coefficient (Wildman–Crippen LogP) is 2.34. The van der Waals surface area contributed by atoms with Gasteiger partial charge in [0.05, 0.1) is 5.41 Å². The summed E-state index contributed by atoms with van der Waals surface area (Å²) in [6, 6.07) is 0. The van der Waals surface area contributed by atoms with Gasteiger partial charge in [0.2, 0.25) is 5.91 Å². The highest BCUT2D eigenvalue weighted by Gasteiger charge is 2.42. The number of carbonyl (C=O) groups excluding carboxylic acids is 1. The van der Waals surface area contributed by atoms with E-state index in [1.165, 1.54) is 19.3 Å². The summed E-state index contributed by atoms with van der Waals surface area (Å²) in [6.07, 6.45) is 10.3. The van der Waals surface area contributed by atoms with Crippen LogP contribution < -0.4 is 11.1 Å². The van der Waals surface area contributed by atoms with Gasteiger partial charge in [-0.25, -0.2) is 0 Å². The van der Waals surface area contributed by atoms with Crippen LogP contribution in [-0.4, -0.2) is 18.0 Å². The SMILES string of the molecule is CC1(NC(=O)C2(CN)CCCC2)CCCCC1. The van der Waals surface area contributed by atoms with Crippen LogP contribution in [0.1, 0.15) is 64.7 Å². The molecule has 0 atom stereocenters. The number of carbonyl (C=O) groups is 1. The number of rotatable bonds is 3. The Morgan fingerprint density at radius 1 is 1.06 bits per heavy atom. The maximum atomic E-state index is 12.5. The van der Waals surface area contributed by atoms with Crippen molar-refractivity contribution in [2.45, 2.75) is 70.3 Å². The summed E-state index contributed by atoms with van der Waals surface area (Å²) >= 11 is 0. The quantitative estimate of drug-likeness (QED) is 0.793. The van der Waals surface area contributed by atoms with Crippen molar-refractivity contribution in [3.8, 4) is 0 Å². The molecule has 0 saturated heterocycles. The third kappa shape index (κ3) is 2.65. The van der Waals surface area contributed by atoms with E-state index < -0.39 is 0 Å². The van der Waals surface area contributed by atoms with Gasteiger partial charge in [0, 0.05) is 12.1 Å². The third-order valence-corrected chi connectivity index (χ3v) is 4.81. The molecule has 3 nitrogen and oxygen atoms in total. The Balaban J connectivity index is 1.99. The van der Waals surface area contributed by atoms with E-state index in [-0.39, 0.29) is 16.9 Å². The van der Waals surface area contributed by atoms with Crippen LogP contribution in [0, 0.1) is 5.41 Å². The lowest BCUT2D eigenvalue weighted by Gasteiger charge is -2.38. The van der Waals surface area contributed by atoms with Gasteiger partial charge in [-0.05, 0) is 32.6 Å². The predicted molar refractivity (Wildman–Crippen MR) is 69.6 cm³/mol. The van der Waals surface area contributed by atoms with Crippen molar-refractivity contribution in [2.75, 3.05) is 6.54 Å². The van der Waals surface area contributed by atoms with E-state index in [0.29, 0.717) is 6.54 Å². The third-order valence-electron chi connectivity index (χ3n) is 4.81. The maximum Gasteiger partial charge on any atom is 0.227 e. The number of hydrogen-bond acceptors (Lipinski definition) is 2. The van der Waals surface area contributed by atoms with Gasteiger partial charge in [0.25, 0.3) is 0 Å². The fourth-order valence-electron chi connectivity index (χ4n) is 3.44. The number of hydrogen-bond donors (Lipinski definition) is 2. The summed E-state index contributed by atoms with van der Waals surface area (Å²) in [4.78, 5) is 12.5. The molecule has 17 heavy (non-hydrogen) atoms. The minimum Gasteiger partial charge on any atom is -0.350 e. The summed E-state index contributed by atoms with van der Waals surface area (Å²) in [5, 5.41) is 3.31. The first-order chi connectivity index (χ1) is 8.10. The molecule has 2 aliphatic rings. The van der Waals surface area contributed by atoms with Crippen LogP contribution in [0.2, 0.25) is 0 Å². The van der Waals surface area contributed by atoms with Crippen molar-refractivity contribution >= 4 is 5.91 Å². The lowest BCUT2D eigenvalue weighted by Crippen LogP contribution is -2.54. The summed E-state index contributed by atoms with van der Waals surface area (Å²) in [7, 11) is 0. The number of amides is 1. The van der Waals surface area contributed by atoms with Gasteiger partial charge in [-0.1, -0.05) is 32.1 Å². The van der Waals surface area contributed by atoms with Crippen LogP contribution in [0.25, 0.3) is 0 Å². The second-order valence-electron chi connectivity index (χ2n) is 6.27. The molecule has 0 aromatic carbocycles. The van der Waals surface area contributed by atoms with E-state index in [1.54, 1.807) is 0 Å². The van der Waals surface area contributed by atoms with E-state index in [1.807, 2.05) is 0 Å². The molecule has 0 spiro atoms. The van der Waals surface area contributed by atoms with Crippen LogP contribution in [0.15, 0.2) is 0 Å². The molecule has 2 aliphatic carbocycles. The van der Waals surface area contributed by atoms with E-state index in [9.17, 15) is 4.79 Å². The highest BCUT2D eigenvalue weighted by molar-refractivity contribution is 5.83. The molecular formula is C14H26N2O. The van der Waals surface area contributed by atoms with Crippen LogP contribution >= 0.6 is 0 Å². The van der Waals surface area contributed by atoms with Crippen LogP contribution in [-0.2, 0) is 4.79 Å². The van der Waals surface area contributed by atoms with Gasteiger partial charge in [-0.15, -0.1) is 0 Å². The molecular weight excluding hydrogens is 212 g/mol. The topological polar surface area (TPSA) is 55.1 Å². The zero-order chi connectivity index (χ0) is 12.4. The Hall–Kier alpha value is -0.570. The van der Waals surface area contributed by atoms with Gasteiger partial charge < -0.3 is 11.1 Å². The highest BCUT2D eigenvalue weighted by Crippen LogP contribution is 2.38. The summed E-state index contributed by atoms with van der Waals surface area (Å²) in [5.74, 6) is 0.224. The molecule has 0 bridgehead atoms. The minimum atomic E-state index is -0.250. The zero-order valence-electron chi connectivity index (χ0n) is 11.1. The van der Waals surface area contributed by atoms with Crippen LogP contribution in [0.5, 0.6) is 0 Å². The normalized spacial score (nSPS) is 26.7. The van der Waals surface area contributed by atoms with Gasteiger partial charge in [-0.2, -0.15) is 0 Å². The van der Waals surface area contributed by atoms with Gasteiger partial charge in [-0.3, -0.25) is 4.79 Å². The Labute approximate surface area is 105 Å². The van der Waals surface area contributed by atoms with Crippen molar-refractivity contribution in [1.82, 2.24) is 5.32 Å². The molecule has 0 unspecified atom stereocenters. The Kier molecular flexibility index (Phi) is 3.76. The van der Waals surface area contributed by atoms with Crippen molar-refractivity contribution in [3.05, 3.63) is 0 Å². The molecule has 0 aromatic rings. The average Bonchev–Trinajstić information content (AvgIpc) is 2.79. The fraction of sp³-hybridized carbons (Fsp3) is 0.929. The highest BCUT2D eigenvalue weighted by atomic mass is 16.2. The van der Waals surface area contributed by atoms with Crippen LogP contribution in [0.4, 0.5) is 0 Å². The maximum absolute atomic E-state index is 12.5. The number of nitrogens with two attached hydrogens (primary N) is 1. The largest absolute Gasteiger partial charge is 0.350 e. The van der Waals surface area contributed by atoms with Crippen LogP contribution in [0.3, 0.4) is 0 Å². The first-order valence-electron chi connectivity index (χ1n) is 7.13. The van der Waals surface area contributed by atoms with Gasteiger partial charge in [0.15, 0.2) is 0 Å². The molecule has 0 aromatic heterocycles. The second kappa shape index (κ2) is 4.97. The summed E-state index contributed by atoms with van der Waals surface area (Å²) < 4.78 is 0. The Morgan fingerprint density at radius 3 is 2.12 bits per heavy atom. The second-order valence-corrected chi connectivity index (χ2v) is 6.27. The van der Waals surface area contributed by atoms with Crippen molar-refractivity contribution in [2.24, 2.45) is 11.1 Å². The van der Waals surface area contributed by atoms with E-state index in [4.69, 9.17) is 5.73 Å². The Bertz CT molecular complexity index is 276. The molecule has 0 aliphatic heterocycles. The molecule has 2 saturated carbocycles. The first-order valence-corrected chi connectivity index (χ1v) is 7.13. The van der Waals surface area contributed by atoms with Crippen molar-refractivity contribution in [1.29, 1.82) is 0 Å². The standard InChI is InChI=1S/C14H26N2O/c1-13(7-3-2-4-8-13)16-12(17)14(11-15)9-5-6-10-14/h2-11,15H2,1H3,(H,16,17). The van der Waals surface area contributed by atoms with Crippen molar-refractivity contribution in [3.63, 3.8) is 0 Å². The molecule has 98 valence electrons. The summed E-state index contributed by atoms with van der Waals surface area (Å²) in [5.41, 5.74) is 5.64. The first kappa shape index (κ1) is 12.9. The molecule has 3 N–H and O–H groups in total. The lowest BCUT2D eigenvalue weighted by molar-refractivity contribution is -0.132. The summed E-state index contributed by atoms with van der Waals surface area (Å²) in [6.45, 7) is 2.71. The average molecular weight is 238 g/mol. The Morgan fingerprint density at radius 2 is 1.59 bits per heavy atom. The molecule has 2 rings (SSSR count). The monoisotopic (exact) mass is 238 g/mol. The van der Waals surface area contributed by atoms with Gasteiger partial charge in [0.1, 0.15) is 0 Å². The van der Waals surface area contributed by atoms with Crippen molar-refractivity contribution < 1.29 is 4.79 Å². The van der Waals surface area contributed by atoms with E-state index >= 15 is 0 Å². The number of nitrogens with one attached hydrogen (secondary N) is 1.